The minimum Gasteiger partial charge on any atom is -0.472 e. The third-order valence-electron chi connectivity index (χ3n) is 2.91. The molecule has 0 amide bonds. The van der Waals surface area contributed by atoms with Gasteiger partial charge in [-0.15, -0.1) is 0 Å². The van der Waals surface area contributed by atoms with E-state index in [0.717, 1.165) is 16.1 Å². The molecule has 90 valence electrons. The fourth-order valence-electron chi connectivity index (χ4n) is 1.91. The van der Waals surface area contributed by atoms with Gasteiger partial charge in [-0.05, 0) is 31.5 Å². The SMILES string of the molecule is CC(N[C@@H](C)c1ccccc1Cl)c1ccoc1. The lowest BCUT2D eigenvalue weighted by molar-refractivity contribution is 0.486. The van der Waals surface area contributed by atoms with Crippen molar-refractivity contribution < 1.29 is 4.42 Å². The Hall–Kier alpha value is -1.25. The van der Waals surface area contributed by atoms with Crippen molar-refractivity contribution >= 4 is 11.6 Å². The van der Waals surface area contributed by atoms with E-state index in [9.17, 15) is 0 Å². The summed E-state index contributed by atoms with van der Waals surface area (Å²) in [6.45, 7) is 4.22. The van der Waals surface area contributed by atoms with Crippen LogP contribution in [-0.2, 0) is 0 Å². The second kappa shape index (κ2) is 5.39. The van der Waals surface area contributed by atoms with Crippen LogP contribution in [0.1, 0.15) is 37.1 Å². The number of nitrogens with one attached hydrogen (secondary N) is 1. The predicted molar refractivity (Wildman–Crippen MR) is 70.1 cm³/mol. The molecule has 0 aliphatic rings. The highest BCUT2D eigenvalue weighted by Gasteiger charge is 2.13. The van der Waals surface area contributed by atoms with E-state index in [-0.39, 0.29) is 12.1 Å². The first kappa shape index (κ1) is 12.2. The first-order valence-corrected chi connectivity index (χ1v) is 6.09. The zero-order valence-corrected chi connectivity index (χ0v) is 10.7. The van der Waals surface area contributed by atoms with Gasteiger partial charge in [-0.25, -0.2) is 0 Å². The van der Waals surface area contributed by atoms with Crippen molar-refractivity contribution in [3.63, 3.8) is 0 Å². The molecule has 2 aromatic rings. The summed E-state index contributed by atoms with van der Waals surface area (Å²) in [5.41, 5.74) is 2.26. The molecular formula is C14H16ClNO. The molecule has 0 aliphatic heterocycles. The lowest BCUT2D eigenvalue weighted by atomic mass is 10.1. The maximum atomic E-state index is 6.17. The summed E-state index contributed by atoms with van der Waals surface area (Å²) in [7, 11) is 0. The van der Waals surface area contributed by atoms with Gasteiger partial charge in [0.25, 0.3) is 0 Å². The molecule has 1 heterocycles. The zero-order chi connectivity index (χ0) is 12.3. The topological polar surface area (TPSA) is 25.2 Å². The number of benzene rings is 1. The Bertz CT molecular complexity index is 467. The molecule has 0 fully saturated rings. The van der Waals surface area contributed by atoms with Crippen LogP contribution in [0.4, 0.5) is 0 Å². The van der Waals surface area contributed by atoms with Crippen molar-refractivity contribution in [1.29, 1.82) is 0 Å². The summed E-state index contributed by atoms with van der Waals surface area (Å²) in [6.07, 6.45) is 3.45. The maximum absolute atomic E-state index is 6.17. The number of halogens is 1. The second-order valence-corrected chi connectivity index (χ2v) is 4.60. The fourth-order valence-corrected chi connectivity index (χ4v) is 2.21. The van der Waals surface area contributed by atoms with Crippen LogP contribution in [0.25, 0.3) is 0 Å². The summed E-state index contributed by atoms with van der Waals surface area (Å²) < 4.78 is 5.08. The van der Waals surface area contributed by atoms with Gasteiger partial charge < -0.3 is 9.73 Å². The lowest BCUT2D eigenvalue weighted by Crippen LogP contribution is -2.22. The maximum Gasteiger partial charge on any atom is 0.0950 e. The quantitative estimate of drug-likeness (QED) is 0.872. The summed E-state index contributed by atoms with van der Waals surface area (Å²) in [5.74, 6) is 0. The molecule has 2 nitrogen and oxygen atoms in total. The minimum absolute atomic E-state index is 0.202. The van der Waals surface area contributed by atoms with E-state index >= 15 is 0 Å². The molecule has 0 radical (unpaired) electrons. The van der Waals surface area contributed by atoms with Gasteiger partial charge in [0.1, 0.15) is 0 Å². The monoisotopic (exact) mass is 249 g/mol. The molecular weight excluding hydrogens is 234 g/mol. The summed E-state index contributed by atoms with van der Waals surface area (Å²) >= 11 is 6.17. The molecule has 0 saturated carbocycles. The molecule has 0 spiro atoms. The van der Waals surface area contributed by atoms with E-state index in [1.54, 1.807) is 12.5 Å². The van der Waals surface area contributed by atoms with Gasteiger partial charge in [-0.1, -0.05) is 29.8 Å². The van der Waals surface area contributed by atoms with Gasteiger partial charge >= 0.3 is 0 Å². The Morgan fingerprint density at radius 2 is 1.88 bits per heavy atom. The Kier molecular flexibility index (Phi) is 3.87. The molecule has 1 aromatic heterocycles. The smallest absolute Gasteiger partial charge is 0.0950 e. The van der Waals surface area contributed by atoms with E-state index in [1.807, 2.05) is 30.3 Å². The Labute approximate surface area is 107 Å². The number of rotatable bonds is 4. The lowest BCUT2D eigenvalue weighted by Gasteiger charge is -2.20. The van der Waals surface area contributed by atoms with Crippen LogP contribution < -0.4 is 5.32 Å². The summed E-state index contributed by atoms with van der Waals surface area (Å²) in [4.78, 5) is 0. The normalized spacial score (nSPS) is 14.5. The highest BCUT2D eigenvalue weighted by atomic mass is 35.5. The third kappa shape index (κ3) is 2.90. The first-order valence-electron chi connectivity index (χ1n) is 5.71. The van der Waals surface area contributed by atoms with E-state index in [0.29, 0.717) is 0 Å². The second-order valence-electron chi connectivity index (χ2n) is 4.19. The average Bonchev–Trinajstić information content (AvgIpc) is 2.82. The van der Waals surface area contributed by atoms with Crippen LogP contribution >= 0.6 is 11.6 Å². The van der Waals surface area contributed by atoms with Crippen LogP contribution in [0, 0.1) is 0 Å². The van der Waals surface area contributed by atoms with Crippen LogP contribution in [0.3, 0.4) is 0 Å². The third-order valence-corrected chi connectivity index (χ3v) is 3.26. The first-order chi connectivity index (χ1) is 8.18. The fraction of sp³-hybridized carbons (Fsp3) is 0.286. The van der Waals surface area contributed by atoms with Gasteiger partial charge in [0.15, 0.2) is 0 Å². The largest absolute Gasteiger partial charge is 0.472 e. The van der Waals surface area contributed by atoms with Gasteiger partial charge in [-0.3, -0.25) is 0 Å². The van der Waals surface area contributed by atoms with E-state index < -0.39 is 0 Å². The minimum atomic E-state index is 0.202. The highest BCUT2D eigenvalue weighted by Crippen LogP contribution is 2.25. The molecule has 17 heavy (non-hydrogen) atoms. The number of hydrogen-bond donors (Lipinski definition) is 1. The Balaban J connectivity index is 2.07. The molecule has 2 rings (SSSR count). The Morgan fingerprint density at radius 1 is 1.12 bits per heavy atom. The number of hydrogen-bond acceptors (Lipinski definition) is 2. The highest BCUT2D eigenvalue weighted by molar-refractivity contribution is 6.31. The Morgan fingerprint density at radius 3 is 2.53 bits per heavy atom. The van der Waals surface area contributed by atoms with Crippen molar-refractivity contribution in [3.8, 4) is 0 Å². The molecule has 0 bridgehead atoms. The standard InChI is InChI=1S/C14H16ClNO/c1-10(12-7-8-17-9-12)16-11(2)13-5-3-4-6-14(13)15/h3-11,16H,1-2H3/t10?,11-/m0/s1. The molecule has 1 unspecified atom stereocenters. The van der Waals surface area contributed by atoms with Gasteiger partial charge in [0, 0.05) is 22.7 Å². The molecule has 2 atom stereocenters. The molecule has 1 aromatic carbocycles. The van der Waals surface area contributed by atoms with Gasteiger partial charge in [0.2, 0.25) is 0 Å². The van der Waals surface area contributed by atoms with Crippen molar-refractivity contribution in [3.05, 3.63) is 59.0 Å². The molecule has 0 saturated heterocycles. The number of furan rings is 1. The van der Waals surface area contributed by atoms with E-state index in [1.165, 1.54) is 0 Å². The van der Waals surface area contributed by atoms with Gasteiger partial charge in [0.05, 0.1) is 12.5 Å². The average molecular weight is 250 g/mol. The van der Waals surface area contributed by atoms with Crippen LogP contribution in [0.5, 0.6) is 0 Å². The van der Waals surface area contributed by atoms with Crippen molar-refractivity contribution in [2.75, 3.05) is 0 Å². The molecule has 0 aliphatic carbocycles. The summed E-state index contributed by atoms with van der Waals surface area (Å²) in [6, 6.07) is 10.3. The van der Waals surface area contributed by atoms with Crippen LogP contribution in [0.2, 0.25) is 5.02 Å². The van der Waals surface area contributed by atoms with Gasteiger partial charge in [-0.2, -0.15) is 0 Å². The van der Waals surface area contributed by atoms with Crippen molar-refractivity contribution in [2.45, 2.75) is 25.9 Å². The van der Waals surface area contributed by atoms with Crippen molar-refractivity contribution in [1.82, 2.24) is 5.32 Å². The summed E-state index contributed by atoms with van der Waals surface area (Å²) in [5, 5.41) is 4.29. The van der Waals surface area contributed by atoms with Crippen molar-refractivity contribution in [2.24, 2.45) is 0 Å². The van der Waals surface area contributed by atoms with E-state index in [2.05, 4.69) is 19.2 Å². The molecule has 1 N–H and O–H groups in total. The molecule has 3 heteroatoms. The predicted octanol–water partition coefficient (Wildman–Crippen LogP) is 4.34. The van der Waals surface area contributed by atoms with Crippen LogP contribution in [0.15, 0.2) is 47.3 Å². The zero-order valence-electron chi connectivity index (χ0n) is 9.98. The van der Waals surface area contributed by atoms with E-state index in [4.69, 9.17) is 16.0 Å². The van der Waals surface area contributed by atoms with Crippen LogP contribution in [-0.4, -0.2) is 0 Å².